The summed E-state index contributed by atoms with van der Waals surface area (Å²) in [5, 5.41) is 5.57. The Bertz CT molecular complexity index is 1200. The number of H-pyrrole nitrogens is 1. The maximum Gasteiger partial charge on any atom is 0.251 e. The van der Waals surface area contributed by atoms with Crippen molar-refractivity contribution in [2.75, 3.05) is 6.54 Å². The molecule has 39 heavy (non-hydrogen) atoms. The number of Topliss-reactive ketones (excluding diaryl/α,β-unsaturated/α-hetero) is 1. The first-order valence-corrected chi connectivity index (χ1v) is 13.1. The van der Waals surface area contributed by atoms with Gasteiger partial charge >= 0.3 is 0 Å². The highest BCUT2D eigenvalue weighted by Gasteiger charge is 2.30. The number of aromatic nitrogens is 2. The van der Waals surface area contributed by atoms with Crippen LogP contribution >= 0.6 is 0 Å². The first-order chi connectivity index (χ1) is 18.9. The number of ketones is 1. The molecule has 0 saturated carbocycles. The van der Waals surface area contributed by atoms with Gasteiger partial charge in [0, 0.05) is 36.2 Å². The van der Waals surface area contributed by atoms with Crippen molar-refractivity contribution in [3.8, 4) is 0 Å². The highest BCUT2D eigenvalue weighted by molar-refractivity contribution is 5.99. The van der Waals surface area contributed by atoms with Crippen molar-refractivity contribution < 1.29 is 19.2 Å². The van der Waals surface area contributed by atoms with E-state index < -0.39 is 29.8 Å². The summed E-state index contributed by atoms with van der Waals surface area (Å²) in [7, 11) is 0. The Morgan fingerprint density at radius 1 is 0.872 bits per heavy atom. The predicted molar refractivity (Wildman–Crippen MR) is 147 cm³/mol. The third-order valence-electron chi connectivity index (χ3n) is 6.48. The van der Waals surface area contributed by atoms with Crippen molar-refractivity contribution >= 4 is 23.5 Å². The standard InChI is InChI=1S/C29H36N6O4/c30-14-8-7-13-22(29(39)35-25(27(31)37)17-23-18-32-19-33-23)16-26(36)24(15-20-9-3-1-4-10-20)34-28(38)21-11-5-2-6-12-21/h1-6,9-12,18-19,22,24-25H,7-8,13-17,30H2,(H2,31,37)(H,32,33)(H,34,38)(H,35,39)/t22-,24+,25+/m1/s1. The predicted octanol–water partition coefficient (Wildman–Crippen LogP) is 1.67. The fourth-order valence-corrected chi connectivity index (χ4v) is 4.30. The molecule has 10 nitrogen and oxygen atoms in total. The molecule has 1 aromatic heterocycles. The maximum atomic E-state index is 13.6. The van der Waals surface area contributed by atoms with Crippen LogP contribution in [0.2, 0.25) is 0 Å². The van der Waals surface area contributed by atoms with E-state index in [1.54, 1.807) is 36.5 Å². The number of aromatic amines is 1. The van der Waals surface area contributed by atoms with Gasteiger partial charge in [-0.15, -0.1) is 0 Å². The lowest BCUT2D eigenvalue weighted by Crippen LogP contribution is -2.49. The lowest BCUT2D eigenvalue weighted by atomic mass is 9.90. The fraction of sp³-hybridized carbons (Fsp3) is 0.345. The summed E-state index contributed by atoms with van der Waals surface area (Å²) in [4.78, 5) is 58.8. The van der Waals surface area contributed by atoms with Crippen LogP contribution in [0.5, 0.6) is 0 Å². The zero-order valence-electron chi connectivity index (χ0n) is 21.8. The van der Waals surface area contributed by atoms with Crippen molar-refractivity contribution in [3.05, 3.63) is 90.0 Å². The molecular weight excluding hydrogens is 496 g/mol. The molecule has 0 spiro atoms. The molecule has 3 atom stereocenters. The number of carbonyl (C=O) groups is 4. The third-order valence-corrected chi connectivity index (χ3v) is 6.48. The topological polar surface area (TPSA) is 173 Å². The van der Waals surface area contributed by atoms with Gasteiger partial charge in [-0.2, -0.15) is 0 Å². The summed E-state index contributed by atoms with van der Waals surface area (Å²) in [5.74, 6) is -2.51. The minimum absolute atomic E-state index is 0.113. The van der Waals surface area contributed by atoms with E-state index >= 15 is 0 Å². The number of primary amides is 1. The van der Waals surface area contributed by atoms with Crippen LogP contribution in [0, 0.1) is 5.92 Å². The van der Waals surface area contributed by atoms with Crippen LogP contribution in [0.3, 0.4) is 0 Å². The largest absolute Gasteiger partial charge is 0.368 e. The lowest BCUT2D eigenvalue weighted by molar-refractivity contribution is -0.132. The molecule has 0 fully saturated rings. The summed E-state index contributed by atoms with van der Waals surface area (Å²) in [6, 6.07) is 16.2. The zero-order chi connectivity index (χ0) is 28.0. The average molecular weight is 533 g/mol. The highest BCUT2D eigenvalue weighted by Crippen LogP contribution is 2.18. The molecule has 3 aromatic rings. The molecule has 0 aliphatic heterocycles. The second-order valence-corrected chi connectivity index (χ2v) is 9.48. The Hall–Kier alpha value is -4.31. The number of hydrogen-bond donors (Lipinski definition) is 5. The molecule has 0 bridgehead atoms. The molecule has 206 valence electrons. The number of imidazole rings is 1. The van der Waals surface area contributed by atoms with Gasteiger partial charge in [0.1, 0.15) is 6.04 Å². The Morgan fingerprint density at radius 2 is 1.56 bits per heavy atom. The van der Waals surface area contributed by atoms with E-state index in [1.165, 1.54) is 6.33 Å². The third kappa shape index (κ3) is 9.50. The van der Waals surface area contributed by atoms with Crippen molar-refractivity contribution in [1.82, 2.24) is 20.6 Å². The maximum absolute atomic E-state index is 13.6. The summed E-state index contributed by atoms with van der Waals surface area (Å²) in [5.41, 5.74) is 13.1. The molecular formula is C29H36N6O4. The van der Waals surface area contributed by atoms with Crippen molar-refractivity contribution in [3.63, 3.8) is 0 Å². The Morgan fingerprint density at radius 3 is 2.18 bits per heavy atom. The number of hydrogen-bond acceptors (Lipinski definition) is 6. The minimum atomic E-state index is -0.969. The quantitative estimate of drug-likeness (QED) is 0.175. The number of benzene rings is 2. The van der Waals surface area contributed by atoms with E-state index in [4.69, 9.17) is 11.5 Å². The van der Waals surface area contributed by atoms with Crippen LogP contribution < -0.4 is 22.1 Å². The van der Waals surface area contributed by atoms with Crippen LogP contribution in [0.15, 0.2) is 73.2 Å². The number of nitrogens with two attached hydrogens (primary N) is 2. The van der Waals surface area contributed by atoms with E-state index in [1.807, 2.05) is 30.3 Å². The summed E-state index contributed by atoms with van der Waals surface area (Å²) < 4.78 is 0. The van der Waals surface area contributed by atoms with Gasteiger partial charge in [0.25, 0.3) is 5.91 Å². The molecule has 3 rings (SSSR count). The zero-order valence-corrected chi connectivity index (χ0v) is 21.8. The molecule has 3 amide bonds. The Labute approximate surface area is 228 Å². The molecule has 0 saturated heterocycles. The summed E-state index contributed by atoms with van der Waals surface area (Å²) >= 11 is 0. The number of carbonyl (C=O) groups excluding carboxylic acids is 4. The molecule has 1 heterocycles. The second kappa shape index (κ2) is 15.2. The fourth-order valence-electron chi connectivity index (χ4n) is 4.30. The monoisotopic (exact) mass is 532 g/mol. The number of nitrogens with one attached hydrogen (secondary N) is 3. The molecule has 0 radical (unpaired) electrons. The SMILES string of the molecule is NCCCC[C@H](CC(=O)[C@H](Cc1ccccc1)NC(=O)c1ccccc1)C(=O)N[C@@H](Cc1cnc[nH]1)C(N)=O. The van der Waals surface area contributed by atoms with Crippen LogP contribution in [0.4, 0.5) is 0 Å². The molecule has 7 N–H and O–H groups in total. The van der Waals surface area contributed by atoms with E-state index in [0.717, 1.165) is 5.56 Å². The van der Waals surface area contributed by atoms with Crippen LogP contribution in [0.1, 0.15) is 47.3 Å². The first kappa shape index (κ1) is 29.2. The molecule has 0 aliphatic rings. The van der Waals surface area contributed by atoms with Gasteiger partial charge in [-0.3, -0.25) is 19.2 Å². The minimum Gasteiger partial charge on any atom is -0.368 e. The number of nitrogens with zero attached hydrogens (tertiary/aromatic N) is 1. The normalized spacial score (nSPS) is 13.2. The lowest BCUT2D eigenvalue weighted by Gasteiger charge is -2.23. The summed E-state index contributed by atoms with van der Waals surface area (Å²) in [6.07, 6.45) is 5.04. The van der Waals surface area contributed by atoms with Gasteiger partial charge < -0.3 is 27.1 Å². The van der Waals surface area contributed by atoms with Crippen molar-refractivity contribution in [2.45, 2.75) is 50.6 Å². The highest BCUT2D eigenvalue weighted by atomic mass is 16.2. The molecule has 2 aromatic carbocycles. The van der Waals surface area contributed by atoms with Gasteiger partial charge in [0.05, 0.1) is 12.4 Å². The Kier molecular flexibility index (Phi) is 11.4. The molecule has 0 unspecified atom stereocenters. The van der Waals surface area contributed by atoms with Crippen LogP contribution in [-0.4, -0.2) is 52.1 Å². The van der Waals surface area contributed by atoms with Crippen molar-refractivity contribution in [2.24, 2.45) is 17.4 Å². The molecule has 10 heteroatoms. The van der Waals surface area contributed by atoms with Crippen molar-refractivity contribution in [1.29, 1.82) is 0 Å². The van der Waals surface area contributed by atoms with Crippen LogP contribution in [-0.2, 0) is 27.2 Å². The van der Waals surface area contributed by atoms with Gasteiger partial charge in [-0.1, -0.05) is 55.0 Å². The summed E-state index contributed by atoms with van der Waals surface area (Å²) in [6.45, 7) is 0.454. The van der Waals surface area contributed by atoms with E-state index in [-0.39, 0.29) is 31.0 Å². The smallest absolute Gasteiger partial charge is 0.251 e. The van der Waals surface area contributed by atoms with Gasteiger partial charge in [-0.05, 0) is 43.5 Å². The van der Waals surface area contributed by atoms with Gasteiger partial charge in [0.2, 0.25) is 11.8 Å². The van der Waals surface area contributed by atoms with E-state index in [0.29, 0.717) is 37.1 Å². The number of rotatable bonds is 16. The molecule has 0 aliphatic carbocycles. The van der Waals surface area contributed by atoms with Gasteiger partial charge in [0.15, 0.2) is 5.78 Å². The second-order valence-electron chi connectivity index (χ2n) is 9.48. The van der Waals surface area contributed by atoms with E-state index in [9.17, 15) is 19.2 Å². The van der Waals surface area contributed by atoms with Crippen LogP contribution in [0.25, 0.3) is 0 Å². The number of unbranched alkanes of at least 4 members (excludes halogenated alkanes) is 1. The Balaban J connectivity index is 1.77. The van der Waals surface area contributed by atoms with Gasteiger partial charge in [-0.25, -0.2) is 4.98 Å². The van der Waals surface area contributed by atoms with E-state index in [2.05, 4.69) is 20.6 Å². The first-order valence-electron chi connectivity index (χ1n) is 13.1. The average Bonchev–Trinajstić information content (AvgIpc) is 3.46. The number of amides is 3.